The number of amides is 2. The van der Waals surface area contributed by atoms with Crippen molar-refractivity contribution in [3.8, 4) is 11.4 Å². The minimum atomic E-state index is -0.0361. The van der Waals surface area contributed by atoms with Gasteiger partial charge in [0.15, 0.2) is 0 Å². The van der Waals surface area contributed by atoms with Crippen LogP contribution in [0.5, 0.6) is 0 Å². The maximum absolute atomic E-state index is 13.4. The predicted molar refractivity (Wildman–Crippen MR) is 109 cm³/mol. The van der Waals surface area contributed by atoms with Crippen molar-refractivity contribution in [3.05, 3.63) is 65.7 Å². The van der Waals surface area contributed by atoms with E-state index in [4.69, 9.17) is 0 Å². The summed E-state index contributed by atoms with van der Waals surface area (Å²) < 4.78 is 0. The molecule has 8 heteroatoms. The van der Waals surface area contributed by atoms with Crippen molar-refractivity contribution in [2.24, 2.45) is 11.8 Å². The molecule has 152 valence electrons. The number of hydrogen-bond donors (Lipinski definition) is 1. The van der Waals surface area contributed by atoms with Gasteiger partial charge in [-0.3, -0.25) is 9.59 Å². The van der Waals surface area contributed by atoms with Gasteiger partial charge in [0.1, 0.15) is 0 Å². The third-order valence-corrected chi connectivity index (χ3v) is 6.24. The Kier molecular flexibility index (Phi) is 4.54. The highest BCUT2D eigenvalue weighted by Gasteiger charge is 2.49. The lowest BCUT2D eigenvalue weighted by molar-refractivity contribution is -0.130. The number of likely N-dealkylation sites (tertiary alicyclic amines) is 2. The third kappa shape index (κ3) is 3.04. The Morgan fingerprint density at radius 2 is 1.77 bits per heavy atom. The normalized spacial score (nSPS) is 22.9. The largest absolute Gasteiger partial charge is 0.338 e. The second-order valence-electron chi connectivity index (χ2n) is 7.94. The number of nitrogens with zero attached hydrogens (tertiary/aromatic N) is 5. The van der Waals surface area contributed by atoms with Crippen LogP contribution in [0.1, 0.15) is 28.9 Å². The smallest absolute Gasteiger partial charge is 0.254 e. The molecular formula is C22H22N6O2. The van der Waals surface area contributed by atoms with Crippen LogP contribution >= 0.6 is 0 Å². The quantitative estimate of drug-likeness (QED) is 0.724. The number of hydrogen-bond acceptors (Lipinski definition) is 5. The van der Waals surface area contributed by atoms with Gasteiger partial charge >= 0.3 is 0 Å². The molecule has 30 heavy (non-hydrogen) atoms. The van der Waals surface area contributed by atoms with E-state index >= 15 is 0 Å². The van der Waals surface area contributed by atoms with E-state index in [2.05, 4.69) is 32.8 Å². The molecule has 3 heterocycles. The summed E-state index contributed by atoms with van der Waals surface area (Å²) >= 11 is 0. The van der Waals surface area contributed by atoms with Crippen molar-refractivity contribution in [2.45, 2.75) is 13.0 Å². The summed E-state index contributed by atoms with van der Waals surface area (Å²) in [5.74, 6) is 0.936. The number of nitrogens with one attached hydrogen (secondary N) is 1. The van der Waals surface area contributed by atoms with Crippen LogP contribution in [-0.4, -0.2) is 61.9 Å². The van der Waals surface area contributed by atoms with E-state index in [0.717, 1.165) is 5.56 Å². The highest BCUT2D eigenvalue weighted by Crippen LogP contribution is 2.45. The van der Waals surface area contributed by atoms with E-state index in [-0.39, 0.29) is 29.7 Å². The topological polar surface area (TPSA) is 95.1 Å². The minimum Gasteiger partial charge on any atom is -0.338 e. The molecule has 3 aromatic rings. The second kappa shape index (κ2) is 7.37. The first kappa shape index (κ1) is 18.5. The molecule has 2 amide bonds. The Hall–Kier alpha value is -3.55. The standard InChI is InChI=1S/C22H22N6O2/c1-14(29)28-12-16-11-27(13-19(16)20(28)15-7-3-2-4-8-15)22(30)18-10-6-5-9-17(18)21-23-25-26-24-21/h2-10,16,19-20H,11-13H2,1H3,(H,23,24,25,26)/t16-,19-,20+/m1/s1. The van der Waals surface area contributed by atoms with Crippen LogP contribution in [0, 0.1) is 11.8 Å². The monoisotopic (exact) mass is 402 g/mol. The van der Waals surface area contributed by atoms with E-state index in [1.54, 1.807) is 13.0 Å². The molecule has 0 radical (unpaired) electrons. The summed E-state index contributed by atoms with van der Waals surface area (Å²) in [5.41, 5.74) is 2.36. The van der Waals surface area contributed by atoms with Crippen LogP contribution in [-0.2, 0) is 4.79 Å². The van der Waals surface area contributed by atoms with Crippen LogP contribution in [0.25, 0.3) is 11.4 Å². The predicted octanol–water partition coefficient (Wildman–Crippen LogP) is 2.16. The number of aromatic amines is 1. The lowest BCUT2D eigenvalue weighted by Gasteiger charge is -2.29. The molecule has 3 atom stereocenters. The van der Waals surface area contributed by atoms with Gasteiger partial charge in [-0.25, -0.2) is 0 Å². The van der Waals surface area contributed by atoms with Crippen molar-refractivity contribution in [1.82, 2.24) is 30.4 Å². The zero-order chi connectivity index (χ0) is 20.7. The van der Waals surface area contributed by atoms with Crippen LogP contribution in [0.3, 0.4) is 0 Å². The number of carbonyl (C=O) groups excluding carboxylic acids is 2. The van der Waals surface area contributed by atoms with Gasteiger partial charge in [-0.15, -0.1) is 10.2 Å². The minimum absolute atomic E-state index is 0.000971. The van der Waals surface area contributed by atoms with E-state index in [9.17, 15) is 9.59 Å². The molecule has 5 rings (SSSR count). The van der Waals surface area contributed by atoms with E-state index in [1.807, 2.05) is 46.2 Å². The summed E-state index contributed by atoms with van der Waals surface area (Å²) in [4.78, 5) is 29.6. The van der Waals surface area contributed by atoms with E-state index in [0.29, 0.717) is 36.6 Å². The Bertz CT molecular complexity index is 1070. The summed E-state index contributed by atoms with van der Waals surface area (Å²) in [6.45, 7) is 3.56. The molecule has 1 aromatic heterocycles. The third-order valence-electron chi connectivity index (χ3n) is 6.24. The first-order chi connectivity index (χ1) is 14.6. The number of benzene rings is 2. The van der Waals surface area contributed by atoms with E-state index in [1.165, 1.54) is 0 Å². The number of aromatic nitrogens is 4. The molecule has 2 aliphatic heterocycles. The number of carbonyl (C=O) groups is 2. The molecule has 0 aliphatic carbocycles. The summed E-state index contributed by atoms with van der Waals surface area (Å²) in [5, 5.41) is 14.1. The zero-order valence-electron chi connectivity index (χ0n) is 16.6. The highest BCUT2D eigenvalue weighted by molar-refractivity contribution is 6.00. The molecule has 1 N–H and O–H groups in total. The number of fused-ring (bicyclic) bond motifs is 1. The molecule has 2 aromatic carbocycles. The average Bonchev–Trinajstić information content (AvgIpc) is 3.50. The number of rotatable bonds is 3. The van der Waals surface area contributed by atoms with Gasteiger partial charge in [0.25, 0.3) is 5.91 Å². The van der Waals surface area contributed by atoms with Gasteiger partial charge in [0, 0.05) is 44.0 Å². The van der Waals surface area contributed by atoms with E-state index < -0.39 is 0 Å². The molecule has 0 saturated carbocycles. The average molecular weight is 402 g/mol. The molecule has 2 fully saturated rings. The van der Waals surface area contributed by atoms with Gasteiger partial charge in [0.2, 0.25) is 11.7 Å². The molecule has 2 saturated heterocycles. The van der Waals surface area contributed by atoms with Crippen LogP contribution < -0.4 is 0 Å². The molecular weight excluding hydrogens is 380 g/mol. The highest BCUT2D eigenvalue weighted by atomic mass is 16.2. The number of tetrazole rings is 1. The lowest BCUT2D eigenvalue weighted by atomic mass is 9.89. The molecule has 0 spiro atoms. The van der Waals surface area contributed by atoms with Crippen LogP contribution in [0.2, 0.25) is 0 Å². The molecule has 0 bridgehead atoms. The van der Waals surface area contributed by atoms with Gasteiger partial charge in [-0.05, 0) is 16.8 Å². The summed E-state index contributed by atoms with van der Waals surface area (Å²) in [6.07, 6.45) is 0. The van der Waals surface area contributed by atoms with Gasteiger partial charge in [-0.2, -0.15) is 5.21 Å². The molecule has 8 nitrogen and oxygen atoms in total. The summed E-state index contributed by atoms with van der Waals surface area (Å²) in [7, 11) is 0. The lowest BCUT2D eigenvalue weighted by Crippen LogP contribution is -2.36. The Labute approximate surface area is 173 Å². The Morgan fingerprint density at radius 3 is 2.50 bits per heavy atom. The Balaban J connectivity index is 1.43. The first-order valence-corrected chi connectivity index (χ1v) is 10.1. The maximum Gasteiger partial charge on any atom is 0.254 e. The van der Waals surface area contributed by atoms with Crippen molar-refractivity contribution >= 4 is 11.8 Å². The van der Waals surface area contributed by atoms with Crippen molar-refractivity contribution < 1.29 is 9.59 Å². The molecule has 2 aliphatic rings. The first-order valence-electron chi connectivity index (χ1n) is 10.1. The van der Waals surface area contributed by atoms with Gasteiger partial charge < -0.3 is 9.80 Å². The zero-order valence-corrected chi connectivity index (χ0v) is 16.6. The van der Waals surface area contributed by atoms with Crippen molar-refractivity contribution in [3.63, 3.8) is 0 Å². The second-order valence-corrected chi connectivity index (χ2v) is 7.94. The van der Waals surface area contributed by atoms with Gasteiger partial charge in [0.05, 0.1) is 11.6 Å². The van der Waals surface area contributed by atoms with Crippen LogP contribution in [0.4, 0.5) is 0 Å². The fraction of sp³-hybridized carbons (Fsp3) is 0.318. The summed E-state index contributed by atoms with van der Waals surface area (Å²) in [6, 6.07) is 17.5. The molecule has 0 unspecified atom stereocenters. The van der Waals surface area contributed by atoms with Gasteiger partial charge in [-0.1, -0.05) is 48.5 Å². The number of H-pyrrole nitrogens is 1. The maximum atomic E-state index is 13.4. The fourth-order valence-electron chi connectivity index (χ4n) is 4.92. The Morgan fingerprint density at radius 1 is 1.00 bits per heavy atom. The fourth-order valence-corrected chi connectivity index (χ4v) is 4.92. The SMILES string of the molecule is CC(=O)N1C[C@H]2CN(C(=O)c3ccccc3-c3nn[nH]n3)C[C@H]2[C@@H]1c1ccccc1. The van der Waals surface area contributed by atoms with Crippen LogP contribution in [0.15, 0.2) is 54.6 Å². The van der Waals surface area contributed by atoms with Crippen molar-refractivity contribution in [1.29, 1.82) is 0 Å². The van der Waals surface area contributed by atoms with Crippen molar-refractivity contribution in [2.75, 3.05) is 19.6 Å².